The Kier molecular flexibility index (Phi) is 6.74. The summed E-state index contributed by atoms with van der Waals surface area (Å²) in [5.74, 6) is 0.896. The van der Waals surface area contributed by atoms with Crippen molar-refractivity contribution >= 4 is 11.6 Å². The highest BCUT2D eigenvalue weighted by molar-refractivity contribution is 5.80. The normalized spacial score (nSPS) is 16.7. The molecule has 1 fully saturated rings. The Morgan fingerprint density at radius 3 is 2.62 bits per heavy atom. The molecule has 1 atom stereocenters. The summed E-state index contributed by atoms with van der Waals surface area (Å²) in [6, 6.07) is 9.51. The first kappa shape index (κ1) is 20.7. The quantitative estimate of drug-likeness (QED) is 0.573. The van der Waals surface area contributed by atoms with Crippen LogP contribution >= 0.6 is 0 Å². The third-order valence-corrected chi connectivity index (χ3v) is 4.91. The minimum Gasteiger partial charge on any atom is -0.493 e. The van der Waals surface area contributed by atoms with Crippen LogP contribution in [0.4, 0.5) is 14.5 Å². The summed E-state index contributed by atoms with van der Waals surface area (Å²) in [5.41, 5.74) is 1.44. The molecule has 1 saturated heterocycles. The summed E-state index contributed by atoms with van der Waals surface area (Å²) < 4.78 is 37.7. The van der Waals surface area contributed by atoms with E-state index >= 15 is 0 Å². The number of hydrogen-bond acceptors (Lipinski definition) is 4. The number of aliphatic imine (C=N–C) groups is 1. The number of nitrogens with zero attached hydrogens (tertiary/aromatic N) is 2. The number of rotatable bonds is 6. The highest BCUT2D eigenvalue weighted by Crippen LogP contribution is 2.27. The van der Waals surface area contributed by atoms with E-state index in [9.17, 15) is 8.78 Å². The Bertz CT molecular complexity index is 876. The molecule has 1 aliphatic rings. The maximum Gasteiger partial charge on any atom is 0.191 e. The Balaban J connectivity index is 1.56. The van der Waals surface area contributed by atoms with Gasteiger partial charge in [0, 0.05) is 38.8 Å². The Hall–Kier alpha value is -3.03. The number of hydrogen-bond donors (Lipinski definition) is 2. The van der Waals surface area contributed by atoms with Crippen LogP contribution in [-0.4, -0.2) is 46.4 Å². The van der Waals surface area contributed by atoms with E-state index in [4.69, 9.17) is 9.47 Å². The summed E-state index contributed by atoms with van der Waals surface area (Å²) in [6.07, 6.45) is 0.827. The van der Waals surface area contributed by atoms with Crippen LogP contribution in [0.1, 0.15) is 12.0 Å². The van der Waals surface area contributed by atoms with Crippen LogP contribution in [0.3, 0.4) is 0 Å². The van der Waals surface area contributed by atoms with Gasteiger partial charge in [0.1, 0.15) is 11.6 Å². The van der Waals surface area contributed by atoms with Crippen LogP contribution in [0.2, 0.25) is 0 Å². The second-order valence-electron chi connectivity index (χ2n) is 6.79. The molecule has 2 aromatic rings. The topological polar surface area (TPSA) is 58.1 Å². The first-order valence-corrected chi connectivity index (χ1v) is 9.42. The Labute approximate surface area is 169 Å². The van der Waals surface area contributed by atoms with Crippen molar-refractivity contribution in [3.63, 3.8) is 0 Å². The summed E-state index contributed by atoms with van der Waals surface area (Å²) >= 11 is 0. The fraction of sp³-hybridized carbons (Fsp3) is 0.381. The lowest BCUT2D eigenvalue weighted by Crippen LogP contribution is -2.44. The summed E-state index contributed by atoms with van der Waals surface area (Å²) in [7, 11) is 4.91. The minimum absolute atomic E-state index is 0.107. The van der Waals surface area contributed by atoms with Gasteiger partial charge in [-0.2, -0.15) is 0 Å². The zero-order valence-corrected chi connectivity index (χ0v) is 16.8. The molecule has 0 radical (unpaired) electrons. The summed E-state index contributed by atoms with van der Waals surface area (Å²) in [4.78, 5) is 6.18. The molecular formula is C21H26F2N4O2. The number of ether oxygens (including phenoxy) is 2. The van der Waals surface area contributed by atoms with Gasteiger partial charge in [0.05, 0.1) is 19.9 Å². The number of nitrogens with one attached hydrogen (secondary N) is 2. The lowest BCUT2D eigenvalue weighted by molar-refractivity contribution is 0.354. The molecule has 0 aromatic heterocycles. The van der Waals surface area contributed by atoms with Gasteiger partial charge in [0.15, 0.2) is 17.5 Å². The molecule has 1 unspecified atom stereocenters. The summed E-state index contributed by atoms with van der Waals surface area (Å²) in [6.45, 7) is 1.86. The average Bonchev–Trinajstić information content (AvgIpc) is 3.18. The van der Waals surface area contributed by atoms with Crippen LogP contribution in [0.25, 0.3) is 0 Å². The minimum atomic E-state index is -0.570. The molecule has 6 nitrogen and oxygen atoms in total. The van der Waals surface area contributed by atoms with Gasteiger partial charge in [0.25, 0.3) is 0 Å². The highest BCUT2D eigenvalue weighted by atomic mass is 19.1. The van der Waals surface area contributed by atoms with E-state index in [0.717, 1.165) is 18.1 Å². The van der Waals surface area contributed by atoms with Crippen molar-refractivity contribution in [2.24, 2.45) is 4.99 Å². The molecule has 3 rings (SSSR count). The number of guanidine groups is 1. The van der Waals surface area contributed by atoms with Crippen molar-refractivity contribution < 1.29 is 18.3 Å². The predicted octanol–water partition coefficient (Wildman–Crippen LogP) is 2.93. The van der Waals surface area contributed by atoms with E-state index in [2.05, 4.69) is 15.6 Å². The third-order valence-electron chi connectivity index (χ3n) is 4.91. The van der Waals surface area contributed by atoms with E-state index in [-0.39, 0.29) is 6.04 Å². The molecule has 156 valence electrons. The molecule has 1 heterocycles. The van der Waals surface area contributed by atoms with E-state index in [0.29, 0.717) is 42.8 Å². The fourth-order valence-corrected chi connectivity index (χ4v) is 3.40. The van der Waals surface area contributed by atoms with Crippen LogP contribution in [0.15, 0.2) is 41.4 Å². The molecule has 0 spiro atoms. The molecule has 2 N–H and O–H groups in total. The third kappa shape index (κ3) is 5.07. The fourth-order valence-electron chi connectivity index (χ4n) is 3.40. The van der Waals surface area contributed by atoms with Crippen LogP contribution in [-0.2, 0) is 6.54 Å². The SMILES string of the molecule is CN=C(NCc1ccc(OC)c(OC)c1)NC1CCN(c2ccc(F)cc2F)C1. The number of methoxy groups -OCH3 is 2. The second kappa shape index (κ2) is 9.45. The zero-order valence-electron chi connectivity index (χ0n) is 16.8. The molecule has 1 aliphatic heterocycles. The monoisotopic (exact) mass is 404 g/mol. The van der Waals surface area contributed by atoms with Crippen molar-refractivity contribution in [3.05, 3.63) is 53.6 Å². The van der Waals surface area contributed by atoms with E-state index in [1.54, 1.807) is 21.3 Å². The van der Waals surface area contributed by atoms with Gasteiger partial charge in [-0.1, -0.05) is 6.07 Å². The van der Waals surface area contributed by atoms with Crippen molar-refractivity contribution in [1.82, 2.24) is 10.6 Å². The first-order chi connectivity index (χ1) is 14.0. The molecular weight excluding hydrogens is 378 g/mol. The van der Waals surface area contributed by atoms with Crippen molar-refractivity contribution in [1.29, 1.82) is 0 Å². The summed E-state index contributed by atoms with van der Waals surface area (Å²) in [5, 5.41) is 6.64. The van der Waals surface area contributed by atoms with Gasteiger partial charge in [-0.15, -0.1) is 0 Å². The Morgan fingerprint density at radius 1 is 1.14 bits per heavy atom. The zero-order chi connectivity index (χ0) is 20.8. The van der Waals surface area contributed by atoms with Gasteiger partial charge < -0.3 is 25.0 Å². The van der Waals surface area contributed by atoms with Crippen LogP contribution in [0.5, 0.6) is 11.5 Å². The lowest BCUT2D eigenvalue weighted by atomic mass is 10.2. The van der Waals surface area contributed by atoms with Crippen molar-refractivity contribution in [2.75, 3.05) is 39.3 Å². The largest absolute Gasteiger partial charge is 0.493 e. The van der Waals surface area contributed by atoms with E-state index < -0.39 is 11.6 Å². The lowest BCUT2D eigenvalue weighted by Gasteiger charge is -2.21. The molecule has 0 amide bonds. The Morgan fingerprint density at radius 2 is 1.93 bits per heavy atom. The van der Waals surface area contributed by atoms with Gasteiger partial charge >= 0.3 is 0 Å². The maximum atomic E-state index is 14.0. The number of halogens is 2. The second-order valence-corrected chi connectivity index (χ2v) is 6.79. The molecule has 0 saturated carbocycles. The van der Waals surface area contributed by atoms with Crippen LogP contribution in [0, 0.1) is 11.6 Å². The standard InChI is InChI=1S/C21H26F2N4O2/c1-24-21(25-12-14-4-7-19(28-2)20(10-14)29-3)26-16-8-9-27(13-16)18-6-5-15(22)11-17(18)23/h4-7,10-11,16H,8-9,12-13H2,1-3H3,(H2,24,25,26). The van der Waals surface area contributed by atoms with Gasteiger partial charge in [-0.25, -0.2) is 8.78 Å². The maximum absolute atomic E-state index is 14.0. The highest BCUT2D eigenvalue weighted by Gasteiger charge is 2.25. The number of anilines is 1. The van der Waals surface area contributed by atoms with Crippen molar-refractivity contribution in [3.8, 4) is 11.5 Å². The van der Waals surface area contributed by atoms with E-state index in [1.165, 1.54) is 12.1 Å². The van der Waals surface area contributed by atoms with Gasteiger partial charge in [0.2, 0.25) is 0 Å². The van der Waals surface area contributed by atoms with Crippen molar-refractivity contribution in [2.45, 2.75) is 19.0 Å². The number of benzene rings is 2. The van der Waals surface area contributed by atoms with Crippen LogP contribution < -0.4 is 25.0 Å². The molecule has 0 aliphatic carbocycles. The van der Waals surface area contributed by atoms with Gasteiger partial charge in [-0.3, -0.25) is 4.99 Å². The van der Waals surface area contributed by atoms with Gasteiger partial charge in [-0.05, 0) is 36.2 Å². The molecule has 8 heteroatoms. The molecule has 0 bridgehead atoms. The average molecular weight is 404 g/mol. The van der Waals surface area contributed by atoms with E-state index in [1.807, 2.05) is 23.1 Å². The predicted molar refractivity (Wildman–Crippen MR) is 110 cm³/mol. The smallest absolute Gasteiger partial charge is 0.191 e. The molecule has 2 aromatic carbocycles. The first-order valence-electron chi connectivity index (χ1n) is 9.42. The molecule has 29 heavy (non-hydrogen) atoms.